The van der Waals surface area contributed by atoms with Gasteiger partial charge in [0.15, 0.2) is 5.11 Å². The second-order valence-corrected chi connectivity index (χ2v) is 7.70. The van der Waals surface area contributed by atoms with Crippen LogP contribution in [-0.2, 0) is 0 Å². The lowest BCUT2D eigenvalue weighted by Gasteiger charge is -2.30. The van der Waals surface area contributed by atoms with Gasteiger partial charge in [-0.3, -0.25) is 4.98 Å². The molecule has 0 saturated carbocycles. The Labute approximate surface area is 165 Å². The van der Waals surface area contributed by atoms with E-state index in [1.165, 1.54) is 5.69 Å². The molecule has 1 N–H and O–H groups in total. The van der Waals surface area contributed by atoms with Crippen LogP contribution in [0.15, 0.2) is 73.1 Å². The first kappa shape index (κ1) is 17.7. The van der Waals surface area contributed by atoms with E-state index in [4.69, 9.17) is 12.2 Å². The van der Waals surface area contributed by atoms with Crippen molar-refractivity contribution >= 4 is 17.3 Å². The van der Waals surface area contributed by atoms with E-state index in [1.807, 2.05) is 24.4 Å². The Balaban J connectivity index is 1.81. The van der Waals surface area contributed by atoms with E-state index in [-0.39, 0.29) is 12.1 Å². The van der Waals surface area contributed by atoms with Crippen molar-refractivity contribution in [2.24, 2.45) is 5.92 Å². The van der Waals surface area contributed by atoms with Crippen LogP contribution in [0.4, 0.5) is 0 Å². The molecule has 1 saturated heterocycles. The van der Waals surface area contributed by atoms with E-state index in [0.29, 0.717) is 5.92 Å². The summed E-state index contributed by atoms with van der Waals surface area (Å²) in [5.41, 5.74) is 3.38. The quantitative estimate of drug-likeness (QED) is 0.665. The zero-order chi connectivity index (χ0) is 18.8. The van der Waals surface area contributed by atoms with Crippen LogP contribution < -0.4 is 5.32 Å². The van der Waals surface area contributed by atoms with E-state index in [9.17, 15) is 0 Å². The fraction of sp³-hybridized carbons (Fsp3) is 0.273. The fourth-order valence-electron chi connectivity index (χ4n) is 3.78. The summed E-state index contributed by atoms with van der Waals surface area (Å²) in [6.07, 6.45) is 3.97. The van der Waals surface area contributed by atoms with Crippen LogP contribution >= 0.6 is 12.2 Å². The first-order chi connectivity index (χ1) is 13.1. The van der Waals surface area contributed by atoms with Crippen LogP contribution in [0.3, 0.4) is 0 Å². The predicted octanol–water partition coefficient (Wildman–Crippen LogP) is 4.50. The van der Waals surface area contributed by atoms with E-state index in [1.54, 1.807) is 0 Å². The number of para-hydroxylation sites is 1. The lowest BCUT2D eigenvalue weighted by atomic mass is 10.0. The summed E-state index contributed by atoms with van der Waals surface area (Å²) < 4.78 is 2.25. The van der Waals surface area contributed by atoms with Crippen molar-refractivity contribution < 1.29 is 0 Å². The zero-order valence-electron chi connectivity index (χ0n) is 15.6. The highest BCUT2D eigenvalue weighted by Crippen LogP contribution is 2.39. The maximum Gasteiger partial charge on any atom is 0.170 e. The minimum absolute atomic E-state index is 0.0230. The average Bonchev–Trinajstić information content (AvgIpc) is 3.28. The van der Waals surface area contributed by atoms with E-state index in [2.05, 4.69) is 82.3 Å². The molecule has 2 atom stereocenters. The molecular weight excluding hydrogens is 352 g/mol. The minimum Gasteiger partial charge on any atom is -0.352 e. The van der Waals surface area contributed by atoms with E-state index >= 15 is 0 Å². The summed E-state index contributed by atoms with van der Waals surface area (Å²) in [6, 6.07) is 20.9. The van der Waals surface area contributed by atoms with Crippen LogP contribution in [0.5, 0.6) is 0 Å². The van der Waals surface area contributed by atoms with Gasteiger partial charge in [0.05, 0.1) is 17.8 Å². The molecule has 0 unspecified atom stereocenters. The third-order valence-corrected chi connectivity index (χ3v) is 5.23. The van der Waals surface area contributed by atoms with Gasteiger partial charge in [-0.1, -0.05) is 38.1 Å². The van der Waals surface area contributed by atoms with Gasteiger partial charge in [-0.2, -0.15) is 0 Å². The zero-order valence-corrected chi connectivity index (χ0v) is 16.4. The summed E-state index contributed by atoms with van der Waals surface area (Å²) >= 11 is 5.72. The van der Waals surface area contributed by atoms with Crippen molar-refractivity contribution in [2.75, 3.05) is 6.54 Å². The van der Waals surface area contributed by atoms with Crippen LogP contribution in [0.1, 0.15) is 37.3 Å². The summed E-state index contributed by atoms with van der Waals surface area (Å²) in [4.78, 5) is 6.93. The topological polar surface area (TPSA) is 33.1 Å². The Morgan fingerprint density at radius 2 is 1.81 bits per heavy atom. The molecular formula is C22H24N4S. The number of benzene rings is 1. The fourth-order valence-corrected chi connectivity index (χ4v) is 4.09. The minimum atomic E-state index is 0.0230. The number of hydrogen-bond donors (Lipinski definition) is 1. The SMILES string of the molecule is CC(C)CN1C(=S)N[C@@H](c2ccccn2)[C@@H]1c1cccn1-c1ccccc1. The number of rotatable bonds is 5. The van der Waals surface area contributed by atoms with Gasteiger partial charge in [0, 0.05) is 30.3 Å². The van der Waals surface area contributed by atoms with Gasteiger partial charge >= 0.3 is 0 Å². The highest BCUT2D eigenvalue weighted by atomic mass is 32.1. The highest BCUT2D eigenvalue weighted by molar-refractivity contribution is 7.80. The molecule has 27 heavy (non-hydrogen) atoms. The van der Waals surface area contributed by atoms with E-state index in [0.717, 1.165) is 23.0 Å². The molecule has 1 aliphatic rings. The normalized spacial score (nSPS) is 19.5. The van der Waals surface area contributed by atoms with Crippen LogP contribution in [0, 0.1) is 5.92 Å². The third-order valence-electron chi connectivity index (χ3n) is 4.88. The molecule has 1 fully saturated rings. The molecule has 3 heterocycles. The second-order valence-electron chi connectivity index (χ2n) is 7.31. The molecule has 4 nitrogen and oxygen atoms in total. The van der Waals surface area contributed by atoms with Gasteiger partial charge in [-0.25, -0.2) is 0 Å². The molecule has 0 radical (unpaired) electrons. The van der Waals surface area contributed by atoms with Crippen molar-refractivity contribution in [1.82, 2.24) is 19.8 Å². The van der Waals surface area contributed by atoms with Crippen molar-refractivity contribution in [3.63, 3.8) is 0 Å². The Morgan fingerprint density at radius 3 is 2.52 bits per heavy atom. The number of aromatic nitrogens is 2. The Bertz CT molecular complexity index is 904. The van der Waals surface area contributed by atoms with Gasteiger partial charge in [0.25, 0.3) is 0 Å². The smallest absolute Gasteiger partial charge is 0.170 e. The number of hydrogen-bond acceptors (Lipinski definition) is 2. The van der Waals surface area contributed by atoms with Crippen LogP contribution in [0.25, 0.3) is 5.69 Å². The van der Waals surface area contributed by atoms with Crippen molar-refractivity contribution in [1.29, 1.82) is 0 Å². The molecule has 2 aromatic heterocycles. The maximum absolute atomic E-state index is 5.72. The summed E-state index contributed by atoms with van der Waals surface area (Å²) in [5.74, 6) is 0.509. The molecule has 0 bridgehead atoms. The number of thiocarbonyl (C=S) groups is 1. The highest BCUT2D eigenvalue weighted by Gasteiger charge is 2.41. The molecule has 0 aliphatic carbocycles. The van der Waals surface area contributed by atoms with Gasteiger partial charge in [-0.15, -0.1) is 0 Å². The van der Waals surface area contributed by atoms with Crippen molar-refractivity contribution in [2.45, 2.75) is 25.9 Å². The second kappa shape index (κ2) is 7.53. The summed E-state index contributed by atoms with van der Waals surface area (Å²) in [5, 5.41) is 4.32. The first-order valence-electron chi connectivity index (χ1n) is 9.36. The standard InChI is InChI=1S/C22H24N4S/c1-16(2)15-26-21(20(24-22(26)27)18-11-6-7-13-23-18)19-12-8-14-25(19)17-9-4-3-5-10-17/h3-14,16,20-21H,15H2,1-2H3,(H,24,27)/t20-,21-/m0/s1. The van der Waals surface area contributed by atoms with Gasteiger partial charge in [0.2, 0.25) is 0 Å². The third kappa shape index (κ3) is 3.47. The number of nitrogens with zero attached hydrogens (tertiary/aromatic N) is 3. The predicted molar refractivity (Wildman–Crippen MR) is 113 cm³/mol. The Hall–Kier alpha value is -2.66. The molecule has 3 aromatic rings. The monoisotopic (exact) mass is 376 g/mol. The molecule has 5 heteroatoms. The molecule has 138 valence electrons. The van der Waals surface area contributed by atoms with E-state index < -0.39 is 0 Å². The summed E-state index contributed by atoms with van der Waals surface area (Å²) in [7, 11) is 0. The van der Waals surface area contributed by atoms with Gasteiger partial charge < -0.3 is 14.8 Å². The Kier molecular flexibility index (Phi) is 4.94. The first-order valence-corrected chi connectivity index (χ1v) is 9.76. The van der Waals surface area contributed by atoms with Gasteiger partial charge in [0.1, 0.15) is 0 Å². The largest absolute Gasteiger partial charge is 0.352 e. The Morgan fingerprint density at radius 1 is 1.04 bits per heavy atom. The van der Waals surface area contributed by atoms with Crippen molar-refractivity contribution in [3.8, 4) is 5.69 Å². The molecule has 1 aromatic carbocycles. The maximum atomic E-state index is 5.72. The van der Waals surface area contributed by atoms with Crippen LogP contribution in [0.2, 0.25) is 0 Å². The number of nitrogens with one attached hydrogen (secondary N) is 1. The summed E-state index contributed by atoms with van der Waals surface area (Å²) in [6.45, 7) is 5.35. The molecule has 0 spiro atoms. The average molecular weight is 377 g/mol. The molecule has 1 aliphatic heterocycles. The molecule has 4 rings (SSSR count). The number of pyridine rings is 1. The lowest BCUT2D eigenvalue weighted by molar-refractivity contribution is 0.280. The molecule has 0 amide bonds. The van der Waals surface area contributed by atoms with Crippen LogP contribution in [-0.4, -0.2) is 26.1 Å². The van der Waals surface area contributed by atoms with Gasteiger partial charge in [-0.05, 0) is 54.5 Å². The van der Waals surface area contributed by atoms with Crippen molar-refractivity contribution in [3.05, 3.63) is 84.4 Å². The lowest BCUT2D eigenvalue weighted by Crippen LogP contribution is -2.33.